The zero-order valence-corrected chi connectivity index (χ0v) is 22.0. The lowest BCUT2D eigenvalue weighted by atomic mass is 10.1. The van der Waals surface area contributed by atoms with Crippen molar-refractivity contribution in [3.05, 3.63) is 107 Å². The number of aryl methyl sites for hydroxylation is 3. The van der Waals surface area contributed by atoms with Crippen molar-refractivity contribution in [2.75, 3.05) is 10.8 Å². The molecule has 0 aliphatic rings. The van der Waals surface area contributed by atoms with Gasteiger partial charge in [-0.3, -0.25) is 4.79 Å². The van der Waals surface area contributed by atoms with Crippen LogP contribution in [0.3, 0.4) is 0 Å². The maximum absolute atomic E-state index is 13.3. The molecule has 0 radical (unpaired) electrons. The van der Waals surface area contributed by atoms with Gasteiger partial charge in [-0.05, 0) is 69.7 Å². The minimum atomic E-state index is -4.02. The number of pyridine rings is 1. The molecular weight excluding hydrogens is 486 g/mol. The molecule has 1 N–H and O–H groups in total. The lowest BCUT2D eigenvalue weighted by Crippen LogP contribution is -2.40. The number of amides is 1. The highest BCUT2D eigenvalue weighted by Gasteiger charge is 2.27. The van der Waals surface area contributed by atoms with E-state index in [0.717, 1.165) is 32.5 Å². The first-order valence-electron chi connectivity index (χ1n) is 11.8. The Bertz CT molecular complexity index is 1550. The van der Waals surface area contributed by atoms with Crippen molar-refractivity contribution in [2.45, 2.75) is 32.6 Å². The molecule has 0 atom stereocenters. The molecule has 190 valence electrons. The van der Waals surface area contributed by atoms with E-state index in [0.29, 0.717) is 0 Å². The first kappa shape index (κ1) is 25.8. The Labute approximate surface area is 217 Å². The maximum atomic E-state index is 13.3. The van der Waals surface area contributed by atoms with E-state index in [1.165, 1.54) is 23.9 Å². The third-order valence-electron chi connectivity index (χ3n) is 5.98. The zero-order chi connectivity index (χ0) is 26.6. The summed E-state index contributed by atoms with van der Waals surface area (Å²) in [6.07, 6.45) is 3.04. The summed E-state index contributed by atoms with van der Waals surface area (Å²) in [6.45, 7) is 7.66. The summed E-state index contributed by atoms with van der Waals surface area (Å²) in [4.78, 5) is 17.0. The van der Waals surface area contributed by atoms with E-state index in [4.69, 9.17) is 0 Å². The van der Waals surface area contributed by atoms with Crippen molar-refractivity contribution in [3.8, 4) is 5.69 Å². The average Bonchev–Trinajstić information content (AvgIpc) is 3.16. The fraction of sp³-hybridized carbons (Fsp3) is 0.179. The Hall–Kier alpha value is -4.24. The van der Waals surface area contributed by atoms with Crippen LogP contribution in [-0.4, -0.2) is 36.6 Å². The van der Waals surface area contributed by atoms with Crippen LogP contribution in [0.2, 0.25) is 0 Å². The van der Waals surface area contributed by atoms with Crippen LogP contribution < -0.4 is 9.73 Å². The van der Waals surface area contributed by atoms with Gasteiger partial charge >= 0.3 is 0 Å². The van der Waals surface area contributed by atoms with Gasteiger partial charge in [0.1, 0.15) is 12.4 Å². The van der Waals surface area contributed by atoms with Crippen molar-refractivity contribution in [2.24, 2.45) is 5.10 Å². The summed E-state index contributed by atoms with van der Waals surface area (Å²) in [7, 11) is -4.02. The Balaban J connectivity index is 1.54. The number of nitrogens with zero attached hydrogens (tertiary/aromatic N) is 4. The van der Waals surface area contributed by atoms with Crippen molar-refractivity contribution in [1.29, 1.82) is 0 Å². The number of nitrogens with one attached hydrogen (secondary N) is 1. The van der Waals surface area contributed by atoms with E-state index in [-0.39, 0.29) is 10.7 Å². The zero-order valence-electron chi connectivity index (χ0n) is 21.2. The lowest BCUT2D eigenvalue weighted by Gasteiger charge is -2.22. The first-order valence-corrected chi connectivity index (χ1v) is 13.2. The molecule has 0 saturated carbocycles. The third kappa shape index (κ3) is 5.62. The summed E-state index contributed by atoms with van der Waals surface area (Å²) < 4.78 is 29.7. The molecule has 2 aromatic carbocycles. The predicted molar refractivity (Wildman–Crippen MR) is 146 cm³/mol. The molecule has 0 aliphatic heterocycles. The number of sulfonamides is 1. The summed E-state index contributed by atoms with van der Waals surface area (Å²) in [5.74, 6) is -0.452. The number of rotatable bonds is 8. The van der Waals surface area contributed by atoms with Gasteiger partial charge in [-0.2, -0.15) is 5.10 Å². The van der Waals surface area contributed by atoms with Gasteiger partial charge in [0.25, 0.3) is 15.9 Å². The van der Waals surface area contributed by atoms with Crippen molar-refractivity contribution in [3.63, 3.8) is 0 Å². The van der Waals surface area contributed by atoms with Gasteiger partial charge in [-0.25, -0.2) is 23.1 Å². The molecule has 0 bridgehead atoms. The highest BCUT2D eigenvalue weighted by atomic mass is 32.2. The van der Waals surface area contributed by atoms with E-state index in [9.17, 15) is 13.2 Å². The molecule has 0 saturated heterocycles. The maximum Gasteiger partial charge on any atom is 0.265 e. The van der Waals surface area contributed by atoms with Gasteiger partial charge in [-0.1, -0.05) is 42.0 Å². The highest BCUT2D eigenvalue weighted by molar-refractivity contribution is 7.92. The van der Waals surface area contributed by atoms with Gasteiger partial charge in [0.2, 0.25) is 0 Å². The number of anilines is 1. The van der Waals surface area contributed by atoms with Crippen LogP contribution in [0.4, 0.5) is 5.82 Å². The molecular formula is C28H29N5O3S. The van der Waals surface area contributed by atoms with Gasteiger partial charge in [0.15, 0.2) is 0 Å². The van der Waals surface area contributed by atoms with E-state index >= 15 is 0 Å². The van der Waals surface area contributed by atoms with Crippen LogP contribution in [-0.2, 0) is 14.8 Å². The van der Waals surface area contributed by atoms with E-state index in [1.54, 1.807) is 42.6 Å². The van der Waals surface area contributed by atoms with Crippen molar-refractivity contribution in [1.82, 2.24) is 15.0 Å². The second kappa shape index (κ2) is 10.8. The predicted octanol–water partition coefficient (Wildman–Crippen LogP) is 4.45. The molecule has 4 rings (SSSR count). The Morgan fingerprint density at radius 3 is 2.41 bits per heavy atom. The lowest BCUT2D eigenvalue weighted by molar-refractivity contribution is -0.119. The van der Waals surface area contributed by atoms with E-state index in [1.807, 2.05) is 19.9 Å². The SMILES string of the molecule is Cc1ccc(-n2c(C)cc(/C=N\NC(=O)CN(c3ccccn3)S(=O)(=O)c3ccccc3)c2C)c(C)c1. The molecule has 1 amide bonds. The molecule has 0 aliphatic carbocycles. The quantitative estimate of drug-likeness (QED) is 0.277. The molecule has 4 aromatic rings. The molecule has 37 heavy (non-hydrogen) atoms. The number of hydrazone groups is 1. The van der Waals surface area contributed by atoms with E-state index in [2.05, 4.69) is 52.1 Å². The standard InChI is InChI=1S/C28H29N5O3S/c1-20-13-14-26(21(2)16-20)33-22(3)17-24(23(33)4)18-30-31-28(34)19-32(27-12-8-9-15-29-27)37(35,36)25-10-6-5-7-11-25/h5-18H,19H2,1-4H3,(H,31,34)/b30-18-. The molecule has 0 fully saturated rings. The van der Waals surface area contributed by atoms with E-state index < -0.39 is 22.5 Å². The second-order valence-corrected chi connectivity index (χ2v) is 10.6. The van der Waals surface area contributed by atoms with Gasteiger partial charge in [-0.15, -0.1) is 0 Å². The van der Waals surface area contributed by atoms with Crippen LogP contribution >= 0.6 is 0 Å². The monoisotopic (exact) mass is 515 g/mol. The van der Waals surface area contributed by atoms with Gasteiger partial charge in [0.05, 0.1) is 11.1 Å². The van der Waals surface area contributed by atoms with Crippen LogP contribution in [0, 0.1) is 27.7 Å². The van der Waals surface area contributed by atoms with Gasteiger partial charge in [0, 0.05) is 28.8 Å². The number of hydrogen-bond acceptors (Lipinski definition) is 5. The largest absolute Gasteiger partial charge is 0.318 e. The third-order valence-corrected chi connectivity index (χ3v) is 7.74. The molecule has 0 unspecified atom stereocenters. The van der Waals surface area contributed by atoms with Gasteiger partial charge < -0.3 is 4.57 Å². The number of carbonyl (C=O) groups is 1. The first-order chi connectivity index (χ1) is 17.7. The van der Waals surface area contributed by atoms with Crippen LogP contribution in [0.1, 0.15) is 28.1 Å². The topological polar surface area (TPSA) is 96.7 Å². The number of benzene rings is 2. The fourth-order valence-electron chi connectivity index (χ4n) is 4.19. The van der Waals surface area contributed by atoms with Crippen molar-refractivity contribution < 1.29 is 13.2 Å². The Kier molecular flexibility index (Phi) is 7.54. The normalized spacial score (nSPS) is 11.6. The molecule has 0 spiro atoms. The number of hydrogen-bond donors (Lipinski definition) is 1. The second-order valence-electron chi connectivity index (χ2n) is 8.76. The Morgan fingerprint density at radius 2 is 1.73 bits per heavy atom. The highest BCUT2D eigenvalue weighted by Crippen LogP contribution is 2.24. The summed E-state index contributed by atoms with van der Waals surface area (Å²) in [6, 6.07) is 21.1. The molecule has 9 heteroatoms. The van der Waals surface area contributed by atoms with Crippen molar-refractivity contribution >= 4 is 28.0 Å². The molecule has 8 nitrogen and oxygen atoms in total. The Morgan fingerprint density at radius 1 is 1.00 bits per heavy atom. The summed E-state index contributed by atoms with van der Waals surface area (Å²) in [5.41, 5.74) is 8.75. The molecule has 2 aromatic heterocycles. The van der Waals surface area contributed by atoms with Crippen LogP contribution in [0.25, 0.3) is 5.69 Å². The van der Waals surface area contributed by atoms with Crippen LogP contribution in [0.15, 0.2) is 89.0 Å². The number of carbonyl (C=O) groups excluding carboxylic acids is 1. The minimum absolute atomic E-state index is 0.0655. The summed E-state index contributed by atoms with van der Waals surface area (Å²) in [5, 5.41) is 4.11. The molecule has 2 heterocycles. The smallest absolute Gasteiger partial charge is 0.265 e. The van der Waals surface area contributed by atoms with Crippen LogP contribution in [0.5, 0.6) is 0 Å². The summed E-state index contributed by atoms with van der Waals surface area (Å²) >= 11 is 0. The number of aromatic nitrogens is 2. The fourth-order valence-corrected chi connectivity index (χ4v) is 5.59. The average molecular weight is 516 g/mol. The minimum Gasteiger partial charge on any atom is -0.318 e.